The topological polar surface area (TPSA) is 54.3 Å². The van der Waals surface area contributed by atoms with Gasteiger partial charge in [0.05, 0.1) is 0 Å². The molecule has 1 atom stereocenters. The normalized spacial score (nSPS) is 20.5. The van der Waals surface area contributed by atoms with Crippen molar-refractivity contribution in [3.63, 3.8) is 0 Å². The summed E-state index contributed by atoms with van der Waals surface area (Å²) in [6.07, 6.45) is 1.14. The van der Waals surface area contributed by atoms with E-state index in [9.17, 15) is 4.79 Å². The second kappa shape index (κ2) is 4.49. The van der Waals surface area contributed by atoms with Gasteiger partial charge in [0, 0.05) is 6.54 Å². The standard InChI is InChI=1S/C11H16N2O2/c1-8-2-3-10(15-8)11(14)13-7-9-4-5-12-6-9/h2-3,9,12H,4-7H2,1H3,(H,13,14). The highest BCUT2D eigenvalue weighted by atomic mass is 16.3. The Balaban J connectivity index is 1.81. The molecule has 1 unspecified atom stereocenters. The number of aryl methyl sites for hydroxylation is 1. The molecule has 0 aliphatic carbocycles. The van der Waals surface area contributed by atoms with Crippen molar-refractivity contribution >= 4 is 5.91 Å². The van der Waals surface area contributed by atoms with Crippen LogP contribution in [0.25, 0.3) is 0 Å². The van der Waals surface area contributed by atoms with E-state index >= 15 is 0 Å². The first-order chi connectivity index (χ1) is 7.25. The number of hydrogen-bond donors (Lipinski definition) is 2. The summed E-state index contributed by atoms with van der Waals surface area (Å²) in [5.41, 5.74) is 0. The minimum absolute atomic E-state index is 0.116. The third-order valence-corrected chi connectivity index (χ3v) is 2.68. The Morgan fingerprint density at radius 3 is 3.13 bits per heavy atom. The quantitative estimate of drug-likeness (QED) is 0.777. The van der Waals surface area contributed by atoms with E-state index in [1.807, 2.05) is 6.92 Å². The molecule has 1 saturated heterocycles. The minimum atomic E-state index is -0.116. The molecule has 0 bridgehead atoms. The third-order valence-electron chi connectivity index (χ3n) is 2.68. The van der Waals surface area contributed by atoms with Gasteiger partial charge in [0.25, 0.3) is 5.91 Å². The van der Waals surface area contributed by atoms with Crippen molar-refractivity contribution in [2.24, 2.45) is 5.92 Å². The van der Waals surface area contributed by atoms with Crippen molar-refractivity contribution in [3.8, 4) is 0 Å². The van der Waals surface area contributed by atoms with E-state index in [0.717, 1.165) is 31.8 Å². The molecule has 1 aromatic heterocycles. The van der Waals surface area contributed by atoms with Gasteiger partial charge in [-0.05, 0) is 44.5 Å². The van der Waals surface area contributed by atoms with Crippen molar-refractivity contribution < 1.29 is 9.21 Å². The van der Waals surface area contributed by atoms with Crippen LogP contribution in [0.5, 0.6) is 0 Å². The number of rotatable bonds is 3. The number of carbonyl (C=O) groups is 1. The number of carbonyl (C=O) groups excluding carboxylic acids is 1. The Hall–Kier alpha value is -1.29. The van der Waals surface area contributed by atoms with Crippen molar-refractivity contribution in [3.05, 3.63) is 23.7 Å². The fourth-order valence-corrected chi connectivity index (χ4v) is 1.77. The van der Waals surface area contributed by atoms with E-state index in [-0.39, 0.29) is 5.91 Å². The summed E-state index contributed by atoms with van der Waals surface area (Å²) in [6, 6.07) is 3.50. The SMILES string of the molecule is Cc1ccc(C(=O)NCC2CCNC2)o1. The maximum Gasteiger partial charge on any atom is 0.287 e. The van der Waals surface area contributed by atoms with E-state index in [0.29, 0.717) is 11.7 Å². The molecular weight excluding hydrogens is 192 g/mol. The summed E-state index contributed by atoms with van der Waals surface area (Å²) < 4.78 is 5.23. The van der Waals surface area contributed by atoms with Gasteiger partial charge in [0.2, 0.25) is 0 Å². The van der Waals surface area contributed by atoms with Crippen molar-refractivity contribution in [1.82, 2.24) is 10.6 Å². The highest BCUT2D eigenvalue weighted by Gasteiger charge is 2.16. The smallest absolute Gasteiger partial charge is 0.287 e. The average molecular weight is 208 g/mol. The molecule has 0 saturated carbocycles. The molecule has 2 N–H and O–H groups in total. The molecule has 1 aromatic rings. The highest BCUT2D eigenvalue weighted by Crippen LogP contribution is 2.08. The predicted molar refractivity (Wildman–Crippen MR) is 56.8 cm³/mol. The molecule has 82 valence electrons. The van der Waals surface area contributed by atoms with Crippen LogP contribution in [-0.4, -0.2) is 25.5 Å². The molecule has 2 heterocycles. The minimum Gasteiger partial charge on any atom is -0.456 e. The van der Waals surface area contributed by atoms with E-state index in [4.69, 9.17) is 4.42 Å². The number of furan rings is 1. The fraction of sp³-hybridized carbons (Fsp3) is 0.545. The van der Waals surface area contributed by atoms with Crippen molar-refractivity contribution in [2.45, 2.75) is 13.3 Å². The summed E-state index contributed by atoms with van der Waals surface area (Å²) >= 11 is 0. The second-order valence-corrected chi connectivity index (χ2v) is 3.98. The van der Waals surface area contributed by atoms with E-state index in [1.54, 1.807) is 12.1 Å². The lowest BCUT2D eigenvalue weighted by atomic mass is 10.1. The van der Waals surface area contributed by atoms with Crippen LogP contribution in [0.1, 0.15) is 22.7 Å². The molecule has 1 aliphatic heterocycles. The van der Waals surface area contributed by atoms with Crippen LogP contribution in [0.2, 0.25) is 0 Å². The first-order valence-electron chi connectivity index (χ1n) is 5.31. The summed E-state index contributed by atoms with van der Waals surface area (Å²) in [7, 11) is 0. The molecule has 1 fully saturated rings. The lowest BCUT2D eigenvalue weighted by molar-refractivity contribution is 0.0919. The van der Waals surface area contributed by atoms with Crippen LogP contribution < -0.4 is 10.6 Å². The van der Waals surface area contributed by atoms with Gasteiger partial charge in [-0.1, -0.05) is 0 Å². The first-order valence-corrected chi connectivity index (χ1v) is 5.31. The lowest BCUT2D eigenvalue weighted by Crippen LogP contribution is -2.29. The molecule has 4 heteroatoms. The fourth-order valence-electron chi connectivity index (χ4n) is 1.77. The molecule has 4 nitrogen and oxygen atoms in total. The summed E-state index contributed by atoms with van der Waals surface area (Å²) in [6.45, 7) is 4.61. The Kier molecular flexibility index (Phi) is 3.06. The van der Waals surface area contributed by atoms with Gasteiger partial charge in [-0.3, -0.25) is 4.79 Å². The Morgan fingerprint density at radius 2 is 2.53 bits per heavy atom. The predicted octanol–water partition coefficient (Wildman–Crippen LogP) is 0.927. The summed E-state index contributed by atoms with van der Waals surface area (Å²) in [4.78, 5) is 11.6. The van der Waals surface area contributed by atoms with Crippen LogP contribution in [0.15, 0.2) is 16.5 Å². The molecule has 15 heavy (non-hydrogen) atoms. The molecule has 1 aliphatic rings. The van der Waals surface area contributed by atoms with Crippen LogP contribution in [0.4, 0.5) is 0 Å². The van der Waals surface area contributed by atoms with Gasteiger partial charge in [-0.15, -0.1) is 0 Å². The number of hydrogen-bond acceptors (Lipinski definition) is 3. The highest BCUT2D eigenvalue weighted by molar-refractivity contribution is 5.91. The van der Waals surface area contributed by atoms with Crippen molar-refractivity contribution in [1.29, 1.82) is 0 Å². The summed E-state index contributed by atoms with van der Waals surface area (Å²) in [5, 5.41) is 6.15. The number of amides is 1. The largest absolute Gasteiger partial charge is 0.456 e. The molecule has 2 rings (SSSR count). The lowest BCUT2D eigenvalue weighted by Gasteiger charge is -2.08. The van der Waals surface area contributed by atoms with E-state index in [2.05, 4.69) is 10.6 Å². The Bertz CT molecular complexity index is 340. The molecular formula is C11H16N2O2. The van der Waals surface area contributed by atoms with Gasteiger partial charge in [-0.2, -0.15) is 0 Å². The third kappa shape index (κ3) is 2.59. The Labute approximate surface area is 89.0 Å². The number of nitrogens with one attached hydrogen (secondary N) is 2. The van der Waals surface area contributed by atoms with E-state index in [1.165, 1.54) is 0 Å². The first kappa shape index (κ1) is 10.2. The van der Waals surface area contributed by atoms with Gasteiger partial charge in [-0.25, -0.2) is 0 Å². The zero-order valence-corrected chi connectivity index (χ0v) is 8.88. The zero-order valence-electron chi connectivity index (χ0n) is 8.88. The van der Waals surface area contributed by atoms with Crippen LogP contribution in [0, 0.1) is 12.8 Å². The zero-order chi connectivity index (χ0) is 10.7. The van der Waals surface area contributed by atoms with Crippen LogP contribution in [0.3, 0.4) is 0 Å². The van der Waals surface area contributed by atoms with Gasteiger partial charge in [0.1, 0.15) is 5.76 Å². The second-order valence-electron chi connectivity index (χ2n) is 3.98. The van der Waals surface area contributed by atoms with Crippen LogP contribution in [-0.2, 0) is 0 Å². The molecule has 0 radical (unpaired) electrons. The summed E-state index contributed by atoms with van der Waals surface area (Å²) in [5.74, 6) is 1.61. The van der Waals surface area contributed by atoms with Gasteiger partial charge in [0.15, 0.2) is 5.76 Å². The van der Waals surface area contributed by atoms with Gasteiger partial charge < -0.3 is 15.1 Å². The average Bonchev–Trinajstić information content (AvgIpc) is 2.84. The Morgan fingerprint density at radius 1 is 1.67 bits per heavy atom. The maximum absolute atomic E-state index is 11.6. The van der Waals surface area contributed by atoms with Gasteiger partial charge >= 0.3 is 0 Å². The van der Waals surface area contributed by atoms with E-state index < -0.39 is 0 Å². The maximum atomic E-state index is 11.6. The monoisotopic (exact) mass is 208 g/mol. The molecule has 0 aromatic carbocycles. The molecule has 1 amide bonds. The van der Waals surface area contributed by atoms with Crippen molar-refractivity contribution in [2.75, 3.05) is 19.6 Å². The molecule has 0 spiro atoms. The van der Waals surface area contributed by atoms with Crippen LogP contribution >= 0.6 is 0 Å².